The first-order valence-corrected chi connectivity index (χ1v) is 8.78. The normalized spacial score (nSPS) is 11.3. The zero-order chi connectivity index (χ0) is 16.9. The Kier molecular flexibility index (Phi) is 5.77. The van der Waals surface area contributed by atoms with E-state index < -0.39 is 5.41 Å². The minimum atomic E-state index is -0.427. The number of unbranched alkanes of at least 4 members (excludes halogenated alkanes) is 1. The highest BCUT2D eigenvalue weighted by atomic mass is 32.1. The summed E-state index contributed by atoms with van der Waals surface area (Å²) in [6.07, 6.45) is 2.19. The molecule has 4 nitrogen and oxygen atoms in total. The van der Waals surface area contributed by atoms with E-state index >= 15 is 0 Å². The number of nitrogens with one attached hydrogen (secondary N) is 1. The van der Waals surface area contributed by atoms with Crippen LogP contribution in [0.2, 0.25) is 0 Å². The minimum absolute atomic E-state index is 0.0296. The van der Waals surface area contributed by atoms with E-state index in [-0.39, 0.29) is 5.91 Å². The van der Waals surface area contributed by atoms with Gasteiger partial charge in [0.05, 0.1) is 12.3 Å². The number of nitrogens with zero attached hydrogens (tertiary/aromatic N) is 1. The fourth-order valence-electron chi connectivity index (χ4n) is 1.80. The van der Waals surface area contributed by atoms with Crippen LogP contribution < -0.4 is 10.1 Å². The van der Waals surface area contributed by atoms with Crippen molar-refractivity contribution in [3.8, 4) is 17.0 Å². The number of ether oxygens (including phenoxy) is 1. The second-order valence-corrected chi connectivity index (χ2v) is 7.33. The van der Waals surface area contributed by atoms with E-state index in [1.807, 2.05) is 50.4 Å². The molecular formula is C18H24N2O2S. The first-order chi connectivity index (χ1) is 10.9. The third kappa shape index (κ3) is 5.06. The van der Waals surface area contributed by atoms with Crippen molar-refractivity contribution in [2.75, 3.05) is 11.9 Å². The van der Waals surface area contributed by atoms with Gasteiger partial charge in [0.25, 0.3) is 0 Å². The van der Waals surface area contributed by atoms with Gasteiger partial charge < -0.3 is 10.1 Å². The fourth-order valence-corrected chi connectivity index (χ4v) is 2.52. The number of hydrogen-bond donors (Lipinski definition) is 1. The summed E-state index contributed by atoms with van der Waals surface area (Å²) in [6, 6.07) is 7.90. The van der Waals surface area contributed by atoms with Crippen molar-refractivity contribution >= 4 is 22.4 Å². The third-order valence-electron chi connectivity index (χ3n) is 3.32. The molecule has 23 heavy (non-hydrogen) atoms. The maximum absolute atomic E-state index is 12.0. The first-order valence-electron chi connectivity index (χ1n) is 7.90. The summed E-state index contributed by atoms with van der Waals surface area (Å²) < 4.78 is 5.66. The molecular weight excluding hydrogens is 308 g/mol. The lowest BCUT2D eigenvalue weighted by molar-refractivity contribution is -0.123. The van der Waals surface area contributed by atoms with E-state index in [0.717, 1.165) is 36.5 Å². The summed E-state index contributed by atoms with van der Waals surface area (Å²) in [5.74, 6) is 0.844. The molecule has 0 atom stereocenters. The molecule has 0 unspecified atom stereocenters. The highest BCUT2D eigenvalue weighted by Crippen LogP contribution is 2.27. The van der Waals surface area contributed by atoms with Crippen LogP contribution in [0, 0.1) is 5.41 Å². The Bertz CT molecular complexity index is 642. The molecule has 2 aromatic rings. The van der Waals surface area contributed by atoms with E-state index in [0.29, 0.717) is 5.13 Å². The number of benzene rings is 1. The molecule has 1 aromatic carbocycles. The van der Waals surface area contributed by atoms with Crippen LogP contribution in [0.25, 0.3) is 11.3 Å². The SMILES string of the molecule is CCCCOc1ccc(-c2csc(NC(=O)C(C)(C)C)n2)cc1. The zero-order valence-corrected chi connectivity index (χ0v) is 15.0. The van der Waals surface area contributed by atoms with E-state index in [2.05, 4.69) is 17.2 Å². The summed E-state index contributed by atoms with van der Waals surface area (Å²) >= 11 is 1.44. The van der Waals surface area contributed by atoms with Gasteiger partial charge in [-0.3, -0.25) is 4.79 Å². The summed E-state index contributed by atoms with van der Waals surface area (Å²) in [4.78, 5) is 16.5. The van der Waals surface area contributed by atoms with Gasteiger partial charge in [-0.15, -0.1) is 11.3 Å². The van der Waals surface area contributed by atoms with Gasteiger partial charge in [-0.1, -0.05) is 34.1 Å². The number of amides is 1. The van der Waals surface area contributed by atoms with Gasteiger partial charge in [-0.2, -0.15) is 0 Å². The maximum atomic E-state index is 12.0. The average Bonchev–Trinajstić information content (AvgIpc) is 2.96. The lowest BCUT2D eigenvalue weighted by atomic mass is 9.96. The highest BCUT2D eigenvalue weighted by molar-refractivity contribution is 7.14. The van der Waals surface area contributed by atoms with Gasteiger partial charge in [0.2, 0.25) is 5.91 Å². The Morgan fingerprint density at radius 1 is 1.26 bits per heavy atom. The van der Waals surface area contributed by atoms with E-state index in [1.54, 1.807) is 0 Å². The Labute approximate surface area is 141 Å². The van der Waals surface area contributed by atoms with Crippen molar-refractivity contribution in [3.63, 3.8) is 0 Å². The van der Waals surface area contributed by atoms with E-state index in [4.69, 9.17) is 4.74 Å². The Balaban J connectivity index is 2.01. The third-order valence-corrected chi connectivity index (χ3v) is 4.08. The number of anilines is 1. The second kappa shape index (κ2) is 7.59. The molecule has 0 saturated heterocycles. The van der Waals surface area contributed by atoms with Crippen LogP contribution >= 0.6 is 11.3 Å². The van der Waals surface area contributed by atoms with Gasteiger partial charge in [0.15, 0.2) is 5.13 Å². The molecule has 0 fully saturated rings. The van der Waals surface area contributed by atoms with Crippen molar-refractivity contribution in [2.24, 2.45) is 5.41 Å². The predicted octanol–water partition coefficient (Wildman–Crippen LogP) is 4.97. The number of carbonyl (C=O) groups excluding carboxylic acids is 1. The fraction of sp³-hybridized carbons (Fsp3) is 0.444. The van der Waals surface area contributed by atoms with Crippen LogP contribution in [0.3, 0.4) is 0 Å². The lowest BCUT2D eigenvalue weighted by Crippen LogP contribution is -2.27. The van der Waals surface area contributed by atoms with Crippen LogP contribution in [0.15, 0.2) is 29.6 Å². The van der Waals surface area contributed by atoms with Crippen LogP contribution in [-0.4, -0.2) is 17.5 Å². The molecule has 1 N–H and O–H groups in total. The van der Waals surface area contributed by atoms with Gasteiger partial charge in [0.1, 0.15) is 5.75 Å². The maximum Gasteiger partial charge on any atom is 0.231 e. The van der Waals surface area contributed by atoms with Crippen molar-refractivity contribution in [2.45, 2.75) is 40.5 Å². The van der Waals surface area contributed by atoms with Crippen molar-refractivity contribution in [3.05, 3.63) is 29.6 Å². The van der Waals surface area contributed by atoms with Crippen LogP contribution in [-0.2, 0) is 4.79 Å². The number of carbonyl (C=O) groups is 1. The molecule has 2 rings (SSSR count). The molecule has 0 bridgehead atoms. The van der Waals surface area contributed by atoms with E-state index in [9.17, 15) is 4.79 Å². The van der Waals surface area contributed by atoms with Gasteiger partial charge in [0, 0.05) is 16.4 Å². The summed E-state index contributed by atoms with van der Waals surface area (Å²) in [7, 11) is 0. The molecule has 0 saturated carbocycles. The minimum Gasteiger partial charge on any atom is -0.494 e. The van der Waals surface area contributed by atoms with Gasteiger partial charge in [-0.05, 0) is 30.7 Å². The number of aromatic nitrogens is 1. The van der Waals surface area contributed by atoms with Gasteiger partial charge in [-0.25, -0.2) is 4.98 Å². The molecule has 0 radical (unpaired) electrons. The standard InChI is InChI=1S/C18H24N2O2S/c1-5-6-11-22-14-9-7-13(8-10-14)15-12-23-17(19-15)20-16(21)18(2,3)4/h7-10,12H,5-6,11H2,1-4H3,(H,19,20,21). The summed E-state index contributed by atoms with van der Waals surface area (Å²) in [5, 5.41) is 5.44. The molecule has 1 aromatic heterocycles. The molecule has 5 heteroatoms. The first kappa shape index (κ1) is 17.5. The van der Waals surface area contributed by atoms with Crippen molar-refractivity contribution in [1.29, 1.82) is 0 Å². The Hall–Kier alpha value is -1.88. The zero-order valence-electron chi connectivity index (χ0n) is 14.2. The molecule has 0 aliphatic rings. The quantitative estimate of drug-likeness (QED) is 0.760. The molecule has 0 spiro atoms. The number of thiazole rings is 1. The highest BCUT2D eigenvalue weighted by Gasteiger charge is 2.22. The lowest BCUT2D eigenvalue weighted by Gasteiger charge is -2.15. The summed E-state index contributed by atoms with van der Waals surface area (Å²) in [5.41, 5.74) is 1.45. The van der Waals surface area contributed by atoms with Crippen molar-refractivity contribution < 1.29 is 9.53 Å². The van der Waals surface area contributed by atoms with Crippen molar-refractivity contribution in [1.82, 2.24) is 4.98 Å². The predicted molar refractivity (Wildman–Crippen MR) is 96.0 cm³/mol. The smallest absolute Gasteiger partial charge is 0.231 e. The van der Waals surface area contributed by atoms with Crippen LogP contribution in [0.1, 0.15) is 40.5 Å². The van der Waals surface area contributed by atoms with E-state index in [1.165, 1.54) is 11.3 Å². The summed E-state index contributed by atoms with van der Waals surface area (Å²) in [6.45, 7) is 8.54. The number of hydrogen-bond acceptors (Lipinski definition) is 4. The number of rotatable bonds is 6. The van der Waals surface area contributed by atoms with Crippen LogP contribution in [0.4, 0.5) is 5.13 Å². The molecule has 0 aliphatic carbocycles. The monoisotopic (exact) mass is 332 g/mol. The topological polar surface area (TPSA) is 51.2 Å². The molecule has 124 valence electrons. The second-order valence-electron chi connectivity index (χ2n) is 6.47. The molecule has 0 aliphatic heterocycles. The average molecular weight is 332 g/mol. The molecule has 1 amide bonds. The van der Waals surface area contributed by atoms with Gasteiger partial charge >= 0.3 is 0 Å². The van der Waals surface area contributed by atoms with Crippen LogP contribution in [0.5, 0.6) is 5.75 Å². The Morgan fingerprint density at radius 3 is 2.57 bits per heavy atom. The Morgan fingerprint density at radius 2 is 1.96 bits per heavy atom. The largest absolute Gasteiger partial charge is 0.494 e. The molecule has 1 heterocycles.